The zero-order valence-corrected chi connectivity index (χ0v) is 18.8. The van der Waals surface area contributed by atoms with Gasteiger partial charge in [0.25, 0.3) is 0 Å². The summed E-state index contributed by atoms with van der Waals surface area (Å²) in [5.74, 6) is 0.729. The zero-order chi connectivity index (χ0) is 22.7. The highest BCUT2D eigenvalue weighted by Gasteiger charge is 2.18. The van der Waals surface area contributed by atoms with Gasteiger partial charge in [-0.05, 0) is 49.4 Å². The maximum atomic E-state index is 13.3. The van der Waals surface area contributed by atoms with Gasteiger partial charge in [-0.25, -0.2) is 9.37 Å². The van der Waals surface area contributed by atoms with Crippen LogP contribution in [0.3, 0.4) is 0 Å². The van der Waals surface area contributed by atoms with Crippen LogP contribution in [0.15, 0.2) is 65.8 Å². The molecule has 0 fully saturated rings. The number of aryl methyl sites for hydroxylation is 1. The van der Waals surface area contributed by atoms with Gasteiger partial charge in [-0.2, -0.15) is 14.9 Å². The standard InChI is InChI=1S/C22H15Cl3FN5O/c1-13-17(12-27-29-21-19(24)11-18(23)20(25)28-21)22(32-16-9-7-14(26)8-10-16)31(30-13)15-5-3-2-4-6-15/h2-12H,1H3,(H,28,29)/b27-12+. The predicted molar refractivity (Wildman–Crippen MR) is 125 cm³/mol. The Morgan fingerprint density at radius 2 is 1.75 bits per heavy atom. The fraction of sp³-hybridized carbons (Fsp3) is 0.0455. The van der Waals surface area contributed by atoms with Gasteiger partial charge in [-0.15, -0.1) is 0 Å². The van der Waals surface area contributed by atoms with E-state index in [0.29, 0.717) is 22.9 Å². The van der Waals surface area contributed by atoms with Crippen molar-refractivity contribution >= 4 is 46.8 Å². The van der Waals surface area contributed by atoms with Crippen LogP contribution in [-0.4, -0.2) is 21.0 Å². The lowest BCUT2D eigenvalue weighted by Gasteiger charge is -2.10. The summed E-state index contributed by atoms with van der Waals surface area (Å²) in [5.41, 5.74) is 4.79. The molecule has 10 heteroatoms. The molecule has 0 atom stereocenters. The number of rotatable bonds is 6. The number of pyridine rings is 1. The first-order chi connectivity index (χ1) is 15.4. The van der Waals surface area contributed by atoms with Crippen molar-refractivity contribution < 1.29 is 9.13 Å². The van der Waals surface area contributed by atoms with Gasteiger partial charge in [-0.3, -0.25) is 5.43 Å². The van der Waals surface area contributed by atoms with Crippen molar-refractivity contribution in [2.45, 2.75) is 6.92 Å². The van der Waals surface area contributed by atoms with Crippen LogP contribution in [-0.2, 0) is 0 Å². The van der Waals surface area contributed by atoms with Crippen molar-refractivity contribution in [2.75, 3.05) is 5.43 Å². The first-order valence-corrected chi connectivity index (χ1v) is 10.4. The number of anilines is 1. The second-order valence-electron chi connectivity index (χ2n) is 6.57. The van der Waals surface area contributed by atoms with E-state index in [4.69, 9.17) is 39.5 Å². The van der Waals surface area contributed by atoms with Crippen LogP contribution in [0.5, 0.6) is 11.6 Å². The lowest BCUT2D eigenvalue weighted by Crippen LogP contribution is -2.01. The molecule has 4 rings (SSSR count). The summed E-state index contributed by atoms with van der Waals surface area (Å²) in [5, 5.41) is 9.39. The van der Waals surface area contributed by atoms with Crippen molar-refractivity contribution in [3.8, 4) is 17.3 Å². The Bertz CT molecular complexity index is 1280. The Hall–Kier alpha value is -3.13. The molecule has 0 saturated heterocycles. The second-order valence-corrected chi connectivity index (χ2v) is 7.74. The van der Waals surface area contributed by atoms with Crippen LogP contribution in [0.25, 0.3) is 5.69 Å². The molecular weight excluding hydrogens is 476 g/mol. The number of halogens is 4. The summed E-state index contributed by atoms with van der Waals surface area (Å²) in [7, 11) is 0. The third kappa shape index (κ3) is 4.85. The highest BCUT2D eigenvalue weighted by atomic mass is 35.5. The Morgan fingerprint density at radius 3 is 2.47 bits per heavy atom. The summed E-state index contributed by atoms with van der Waals surface area (Å²) in [6, 6.07) is 16.6. The number of hydrazone groups is 1. The lowest BCUT2D eigenvalue weighted by atomic mass is 10.2. The molecule has 0 amide bonds. The molecule has 32 heavy (non-hydrogen) atoms. The van der Waals surface area contributed by atoms with Gasteiger partial charge >= 0.3 is 0 Å². The summed E-state index contributed by atoms with van der Waals surface area (Å²) in [4.78, 5) is 4.07. The molecule has 2 aromatic heterocycles. The van der Waals surface area contributed by atoms with Crippen molar-refractivity contribution in [3.63, 3.8) is 0 Å². The lowest BCUT2D eigenvalue weighted by molar-refractivity contribution is 0.442. The quantitative estimate of drug-likeness (QED) is 0.181. The summed E-state index contributed by atoms with van der Waals surface area (Å²) in [6.07, 6.45) is 1.53. The predicted octanol–water partition coefficient (Wildman–Crippen LogP) is 6.91. The molecule has 1 N–H and O–H groups in total. The van der Waals surface area contributed by atoms with E-state index in [1.165, 1.54) is 36.5 Å². The van der Waals surface area contributed by atoms with E-state index in [1.807, 2.05) is 37.3 Å². The Morgan fingerprint density at radius 1 is 1.03 bits per heavy atom. The summed E-state index contributed by atoms with van der Waals surface area (Å²) >= 11 is 18.0. The Labute approximate surface area is 198 Å². The Balaban J connectivity index is 1.71. The highest BCUT2D eigenvalue weighted by molar-refractivity contribution is 6.42. The van der Waals surface area contributed by atoms with Crippen molar-refractivity contribution in [3.05, 3.63) is 92.9 Å². The first kappa shape index (κ1) is 22.1. The molecule has 162 valence electrons. The third-order valence-electron chi connectivity index (χ3n) is 4.34. The van der Waals surface area contributed by atoms with Crippen LogP contribution < -0.4 is 10.2 Å². The number of para-hydroxylation sites is 1. The molecular formula is C22H15Cl3FN5O. The molecule has 0 saturated carbocycles. The van der Waals surface area contributed by atoms with Crippen LogP contribution in [0.4, 0.5) is 10.2 Å². The number of aromatic nitrogens is 3. The second kappa shape index (κ2) is 9.56. The first-order valence-electron chi connectivity index (χ1n) is 9.31. The minimum absolute atomic E-state index is 0.0992. The van der Waals surface area contributed by atoms with Crippen LogP contribution in [0.1, 0.15) is 11.3 Å². The van der Waals surface area contributed by atoms with Crippen LogP contribution in [0.2, 0.25) is 15.2 Å². The van der Waals surface area contributed by atoms with E-state index >= 15 is 0 Å². The van der Waals surface area contributed by atoms with Gasteiger partial charge in [0.2, 0.25) is 5.88 Å². The number of nitrogens with zero attached hydrogens (tertiary/aromatic N) is 4. The fourth-order valence-corrected chi connectivity index (χ4v) is 3.34. The van der Waals surface area contributed by atoms with E-state index in [9.17, 15) is 4.39 Å². The van der Waals surface area contributed by atoms with Gasteiger partial charge < -0.3 is 4.74 Å². The summed E-state index contributed by atoms with van der Waals surface area (Å²) in [6.45, 7) is 1.82. The highest BCUT2D eigenvalue weighted by Crippen LogP contribution is 2.31. The number of benzene rings is 2. The SMILES string of the molecule is Cc1nn(-c2ccccc2)c(Oc2ccc(F)cc2)c1/C=N/Nc1nc(Cl)c(Cl)cc1Cl. The average Bonchev–Trinajstić information content (AvgIpc) is 3.09. The molecule has 0 bridgehead atoms. The molecule has 0 aliphatic heterocycles. The topological polar surface area (TPSA) is 64.3 Å². The van der Waals surface area contributed by atoms with Crippen LogP contribution >= 0.6 is 34.8 Å². The molecule has 0 aliphatic carbocycles. The monoisotopic (exact) mass is 489 g/mol. The van der Waals surface area contributed by atoms with Gasteiger partial charge in [0.1, 0.15) is 16.7 Å². The van der Waals surface area contributed by atoms with Crippen molar-refractivity contribution in [1.82, 2.24) is 14.8 Å². The molecule has 6 nitrogen and oxygen atoms in total. The molecule has 0 aliphatic rings. The minimum atomic E-state index is -0.359. The summed E-state index contributed by atoms with van der Waals surface area (Å²) < 4.78 is 21.0. The number of nitrogens with one attached hydrogen (secondary N) is 1. The van der Waals surface area contributed by atoms with Crippen molar-refractivity contribution in [1.29, 1.82) is 0 Å². The maximum absolute atomic E-state index is 13.3. The Kier molecular flexibility index (Phi) is 6.60. The number of hydrogen-bond acceptors (Lipinski definition) is 5. The third-order valence-corrected chi connectivity index (χ3v) is 5.30. The molecule has 0 radical (unpaired) electrons. The number of ether oxygens (including phenoxy) is 1. The molecule has 2 heterocycles. The minimum Gasteiger partial charge on any atom is -0.438 e. The maximum Gasteiger partial charge on any atom is 0.231 e. The molecule has 2 aromatic carbocycles. The zero-order valence-electron chi connectivity index (χ0n) is 16.6. The van der Waals surface area contributed by atoms with Crippen molar-refractivity contribution in [2.24, 2.45) is 5.10 Å². The molecule has 0 spiro atoms. The molecule has 0 unspecified atom stereocenters. The number of hydrogen-bond donors (Lipinski definition) is 1. The van der Waals surface area contributed by atoms with Gasteiger partial charge in [0.05, 0.1) is 33.2 Å². The van der Waals surface area contributed by atoms with E-state index < -0.39 is 0 Å². The van der Waals surface area contributed by atoms with E-state index in [2.05, 4.69) is 20.6 Å². The van der Waals surface area contributed by atoms with Crippen LogP contribution in [0, 0.1) is 12.7 Å². The molecule has 4 aromatic rings. The largest absolute Gasteiger partial charge is 0.438 e. The normalized spacial score (nSPS) is 11.2. The van der Waals surface area contributed by atoms with Gasteiger partial charge in [0, 0.05) is 0 Å². The fourth-order valence-electron chi connectivity index (χ4n) is 2.80. The van der Waals surface area contributed by atoms with Gasteiger partial charge in [-0.1, -0.05) is 53.0 Å². The van der Waals surface area contributed by atoms with E-state index in [-0.39, 0.29) is 26.8 Å². The van der Waals surface area contributed by atoms with Gasteiger partial charge in [0.15, 0.2) is 5.82 Å². The van der Waals surface area contributed by atoms with E-state index in [0.717, 1.165) is 5.69 Å². The smallest absolute Gasteiger partial charge is 0.231 e. The van der Waals surface area contributed by atoms with E-state index in [1.54, 1.807) is 4.68 Å². The average molecular weight is 491 g/mol.